The molecule has 0 bridgehead atoms. The van der Waals surface area contributed by atoms with Crippen LogP contribution in [0.4, 0.5) is 5.69 Å². The third-order valence-corrected chi connectivity index (χ3v) is 1.56. The Morgan fingerprint density at radius 3 is 2.56 bits per heavy atom. The van der Waals surface area contributed by atoms with Gasteiger partial charge in [0.25, 0.3) is 0 Å². The van der Waals surface area contributed by atoms with Crippen molar-refractivity contribution in [2.24, 2.45) is 0 Å². The highest BCUT2D eigenvalue weighted by Crippen LogP contribution is 2.16. The van der Waals surface area contributed by atoms with E-state index in [1.807, 2.05) is 0 Å². The van der Waals surface area contributed by atoms with E-state index < -0.39 is 0 Å². The van der Waals surface area contributed by atoms with Gasteiger partial charge in [0, 0.05) is 10.7 Å². The van der Waals surface area contributed by atoms with Gasteiger partial charge >= 0.3 is 0 Å². The molecule has 1 rings (SSSR count). The second kappa shape index (κ2) is 2.42. The molecule has 0 heterocycles. The molecule has 0 aromatic heterocycles. The highest BCUT2D eigenvalue weighted by Gasteiger charge is 1.85. The van der Waals surface area contributed by atoms with E-state index in [0.29, 0.717) is 15.6 Å². The summed E-state index contributed by atoms with van der Waals surface area (Å²) >= 11 is 10.4. The Morgan fingerprint density at radius 2 is 2.11 bits per heavy atom. The average molecular weight is 159 g/mol. The van der Waals surface area contributed by atoms with Gasteiger partial charge in [-0.25, -0.2) is 0 Å². The molecule has 0 fully saturated rings. The van der Waals surface area contributed by atoms with Gasteiger partial charge in [0.1, 0.15) is 0 Å². The number of benzene rings is 1. The predicted molar refractivity (Wildman–Crippen MR) is 41.5 cm³/mol. The Bertz CT molecular complexity index is 224. The summed E-state index contributed by atoms with van der Waals surface area (Å²) in [7, 11) is 0. The lowest BCUT2D eigenvalue weighted by Crippen LogP contribution is -1.86. The average Bonchev–Trinajstić information content (AvgIpc) is 1.80. The quantitative estimate of drug-likeness (QED) is 0.461. The van der Waals surface area contributed by atoms with Gasteiger partial charge in [0.15, 0.2) is 0 Å². The Morgan fingerprint density at radius 1 is 1.44 bits per heavy atom. The molecule has 0 radical (unpaired) electrons. The Kier molecular flexibility index (Phi) is 1.78. The molecule has 1 aromatic rings. The summed E-state index contributed by atoms with van der Waals surface area (Å²) in [5, 5.41) is 0.634. The fraction of sp³-hybridized carbons (Fsp3) is 0. The largest absolute Gasteiger partial charge is 0.778 e. The Labute approximate surface area is 64.2 Å². The van der Waals surface area contributed by atoms with E-state index in [4.69, 9.17) is 30.0 Å². The van der Waals surface area contributed by atoms with Gasteiger partial charge in [0.2, 0.25) is 0 Å². The fourth-order valence-corrected chi connectivity index (χ4v) is 0.940. The number of nitrogen functional groups attached to an aromatic ring is 1. The molecule has 0 unspecified atom stereocenters. The number of nitrogens with two attached hydrogens (primary N) is 1. The van der Waals surface area contributed by atoms with Crippen molar-refractivity contribution in [1.82, 2.24) is 0 Å². The minimum atomic E-state index is 0.606. The van der Waals surface area contributed by atoms with Crippen molar-refractivity contribution >= 4 is 29.9 Å². The van der Waals surface area contributed by atoms with Crippen molar-refractivity contribution in [2.75, 3.05) is 5.73 Å². The van der Waals surface area contributed by atoms with Crippen LogP contribution in [0.1, 0.15) is 0 Å². The third-order valence-electron chi connectivity index (χ3n) is 0.976. The van der Waals surface area contributed by atoms with E-state index in [1.54, 1.807) is 18.2 Å². The molecule has 0 spiro atoms. The SMILES string of the molecule is Nc1ccc(Cl)cc1[S-]. The minimum absolute atomic E-state index is 0.606. The standard InChI is InChI=1S/C6H6ClNS/c7-4-1-2-5(8)6(9)3-4/h1-3,9H,8H2/p-1. The number of hydrogen-bond acceptors (Lipinski definition) is 2. The summed E-state index contributed by atoms with van der Waals surface area (Å²) in [6.07, 6.45) is 0. The van der Waals surface area contributed by atoms with Gasteiger partial charge in [-0.3, -0.25) is 0 Å². The number of hydrogen-bond donors (Lipinski definition) is 1. The normalized spacial score (nSPS) is 9.44. The van der Waals surface area contributed by atoms with Crippen molar-refractivity contribution in [2.45, 2.75) is 4.90 Å². The monoisotopic (exact) mass is 158 g/mol. The molecule has 3 heteroatoms. The van der Waals surface area contributed by atoms with Crippen molar-refractivity contribution < 1.29 is 0 Å². The summed E-state index contributed by atoms with van der Waals surface area (Å²) < 4.78 is 0. The Balaban J connectivity index is 3.17. The molecule has 1 aromatic carbocycles. The van der Waals surface area contributed by atoms with E-state index in [2.05, 4.69) is 0 Å². The first-order valence-electron chi connectivity index (χ1n) is 2.42. The first-order valence-corrected chi connectivity index (χ1v) is 3.21. The topological polar surface area (TPSA) is 26.0 Å². The summed E-state index contributed by atoms with van der Waals surface area (Å²) in [6, 6.07) is 5.07. The minimum Gasteiger partial charge on any atom is -0.778 e. The lowest BCUT2D eigenvalue weighted by molar-refractivity contribution is 1.47. The lowest BCUT2D eigenvalue weighted by Gasteiger charge is -2.08. The highest BCUT2D eigenvalue weighted by molar-refractivity contribution is 7.59. The zero-order valence-corrected chi connectivity index (χ0v) is 6.17. The molecule has 0 aliphatic carbocycles. The van der Waals surface area contributed by atoms with Crippen LogP contribution in [0, 0.1) is 0 Å². The van der Waals surface area contributed by atoms with Crippen LogP contribution in [0.2, 0.25) is 5.02 Å². The van der Waals surface area contributed by atoms with E-state index >= 15 is 0 Å². The van der Waals surface area contributed by atoms with Crippen LogP contribution in [-0.4, -0.2) is 0 Å². The lowest BCUT2D eigenvalue weighted by atomic mass is 10.3. The van der Waals surface area contributed by atoms with Gasteiger partial charge < -0.3 is 18.4 Å². The molecule has 48 valence electrons. The van der Waals surface area contributed by atoms with E-state index in [-0.39, 0.29) is 0 Å². The molecule has 0 amide bonds. The molecule has 1 nitrogen and oxygen atoms in total. The first kappa shape index (κ1) is 6.65. The van der Waals surface area contributed by atoms with Gasteiger partial charge in [-0.15, -0.1) is 0 Å². The molecule has 9 heavy (non-hydrogen) atoms. The van der Waals surface area contributed by atoms with Crippen molar-refractivity contribution in [1.29, 1.82) is 0 Å². The molecule has 2 N–H and O–H groups in total. The number of halogens is 1. The van der Waals surface area contributed by atoms with Crippen LogP contribution in [0.15, 0.2) is 23.1 Å². The van der Waals surface area contributed by atoms with Crippen LogP contribution in [0.3, 0.4) is 0 Å². The molecule has 0 aliphatic heterocycles. The van der Waals surface area contributed by atoms with Crippen molar-refractivity contribution in [3.8, 4) is 0 Å². The van der Waals surface area contributed by atoms with Crippen LogP contribution in [0.5, 0.6) is 0 Å². The molecule has 0 atom stereocenters. The van der Waals surface area contributed by atoms with Gasteiger partial charge in [-0.2, -0.15) is 4.90 Å². The Hall–Kier alpha value is -0.470. The van der Waals surface area contributed by atoms with Gasteiger partial charge in [0.05, 0.1) is 0 Å². The number of anilines is 1. The molecular weight excluding hydrogens is 154 g/mol. The van der Waals surface area contributed by atoms with Crippen molar-refractivity contribution in [3.05, 3.63) is 23.2 Å². The predicted octanol–water partition coefficient (Wildman–Crippen LogP) is 1.83. The van der Waals surface area contributed by atoms with Crippen LogP contribution in [-0.2, 0) is 12.6 Å². The molecule has 0 saturated heterocycles. The number of rotatable bonds is 0. The van der Waals surface area contributed by atoms with Gasteiger partial charge in [-0.05, 0) is 12.1 Å². The summed E-state index contributed by atoms with van der Waals surface area (Å²) in [5.41, 5.74) is 6.03. The van der Waals surface area contributed by atoms with Crippen molar-refractivity contribution in [3.63, 3.8) is 0 Å². The van der Waals surface area contributed by atoms with E-state index in [1.165, 1.54) is 0 Å². The molecular formula is C6H5ClNS-. The zero-order valence-electron chi connectivity index (χ0n) is 4.60. The first-order chi connectivity index (χ1) is 4.20. The highest BCUT2D eigenvalue weighted by atomic mass is 35.5. The van der Waals surface area contributed by atoms with Gasteiger partial charge in [-0.1, -0.05) is 17.7 Å². The summed E-state index contributed by atoms with van der Waals surface area (Å²) in [5.74, 6) is 0. The second-order valence-corrected chi connectivity index (χ2v) is 2.56. The zero-order chi connectivity index (χ0) is 6.85. The summed E-state index contributed by atoms with van der Waals surface area (Å²) in [6.45, 7) is 0. The summed E-state index contributed by atoms with van der Waals surface area (Å²) in [4.78, 5) is 0.613. The maximum Gasteiger partial charge on any atom is 0.0392 e. The maximum absolute atomic E-state index is 5.59. The molecule has 0 saturated carbocycles. The van der Waals surface area contributed by atoms with E-state index in [9.17, 15) is 0 Å². The smallest absolute Gasteiger partial charge is 0.0392 e. The fourth-order valence-electron chi connectivity index (χ4n) is 0.508. The molecule has 0 aliphatic rings. The third kappa shape index (κ3) is 1.47. The maximum atomic E-state index is 5.59. The van der Waals surface area contributed by atoms with Crippen LogP contribution < -0.4 is 5.73 Å². The van der Waals surface area contributed by atoms with E-state index in [0.717, 1.165) is 0 Å². The van der Waals surface area contributed by atoms with Crippen LogP contribution >= 0.6 is 11.6 Å². The van der Waals surface area contributed by atoms with Crippen LogP contribution in [0.25, 0.3) is 0 Å². The second-order valence-electron chi connectivity index (χ2n) is 1.68.